The van der Waals surface area contributed by atoms with Gasteiger partial charge in [-0.15, -0.1) is 0 Å². The van der Waals surface area contributed by atoms with Crippen molar-refractivity contribution in [2.75, 3.05) is 5.73 Å². The fourth-order valence-corrected chi connectivity index (χ4v) is 1.93. The highest BCUT2D eigenvalue weighted by Crippen LogP contribution is 2.24. The van der Waals surface area contributed by atoms with Crippen LogP contribution in [0.4, 0.5) is 5.69 Å². The summed E-state index contributed by atoms with van der Waals surface area (Å²) in [7, 11) is 0. The third-order valence-corrected chi connectivity index (χ3v) is 3.21. The van der Waals surface area contributed by atoms with Crippen LogP contribution in [-0.2, 0) is 6.61 Å². The van der Waals surface area contributed by atoms with Crippen molar-refractivity contribution in [1.82, 2.24) is 0 Å². The van der Waals surface area contributed by atoms with Crippen molar-refractivity contribution in [1.29, 1.82) is 0 Å². The van der Waals surface area contributed by atoms with Crippen molar-refractivity contribution in [2.24, 2.45) is 0 Å². The van der Waals surface area contributed by atoms with Crippen LogP contribution in [0, 0.1) is 0 Å². The van der Waals surface area contributed by atoms with Crippen LogP contribution in [0.15, 0.2) is 42.5 Å². The standard InChI is InChI=1S/C16H16ClNO2/c1-2-15(19)12-5-8-16(14(18)9-12)20-10-11-3-6-13(17)7-4-11/h3-9H,2,10,18H2,1H3. The zero-order chi connectivity index (χ0) is 14.5. The van der Waals surface area contributed by atoms with E-state index in [1.807, 2.05) is 31.2 Å². The van der Waals surface area contributed by atoms with E-state index in [2.05, 4.69) is 0 Å². The van der Waals surface area contributed by atoms with Crippen LogP contribution < -0.4 is 10.5 Å². The van der Waals surface area contributed by atoms with Gasteiger partial charge in [0.05, 0.1) is 5.69 Å². The van der Waals surface area contributed by atoms with E-state index in [0.29, 0.717) is 35.1 Å². The van der Waals surface area contributed by atoms with E-state index in [-0.39, 0.29) is 5.78 Å². The number of Topliss-reactive ketones (excluding diaryl/α,β-unsaturated/α-hetero) is 1. The predicted octanol–water partition coefficient (Wildman–Crippen LogP) is 4.09. The molecule has 0 unspecified atom stereocenters. The summed E-state index contributed by atoms with van der Waals surface area (Å²) in [5.74, 6) is 0.647. The molecular weight excluding hydrogens is 274 g/mol. The highest BCUT2D eigenvalue weighted by atomic mass is 35.5. The first kappa shape index (κ1) is 14.4. The number of carbonyl (C=O) groups excluding carboxylic acids is 1. The first-order chi connectivity index (χ1) is 9.60. The smallest absolute Gasteiger partial charge is 0.162 e. The number of nitrogens with two attached hydrogens (primary N) is 1. The molecule has 0 saturated carbocycles. The topological polar surface area (TPSA) is 52.3 Å². The number of ether oxygens (including phenoxy) is 1. The molecule has 104 valence electrons. The highest BCUT2D eigenvalue weighted by Gasteiger charge is 2.07. The summed E-state index contributed by atoms with van der Waals surface area (Å²) >= 11 is 5.82. The van der Waals surface area contributed by atoms with Gasteiger partial charge < -0.3 is 10.5 Å². The van der Waals surface area contributed by atoms with Gasteiger partial charge in [0.1, 0.15) is 12.4 Å². The SMILES string of the molecule is CCC(=O)c1ccc(OCc2ccc(Cl)cc2)c(N)c1. The summed E-state index contributed by atoms with van der Waals surface area (Å²) in [6.07, 6.45) is 0.463. The fourth-order valence-electron chi connectivity index (χ4n) is 1.80. The minimum absolute atomic E-state index is 0.0703. The number of rotatable bonds is 5. The number of carbonyl (C=O) groups is 1. The maximum Gasteiger partial charge on any atom is 0.162 e. The zero-order valence-electron chi connectivity index (χ0n) is 11.2. The van der Waals surface area contributed by atoms with Crippen LogP contribution in [0.1, 0.15) is 29.3 Å². The van der Waals surface area contributed by atoms with E-state index in [0.717, 1.165) is 5.56 Å². The van der Waals surface area contributed by atoms with Gasteiger partial charge in [0, 0.05) is 17.0 Å². The maximum absolute atomic E-state index is 11.6. The van der Waals surface area contributed by atoms with Gasteiger partial charge in [-0.3, -0.25) is 4.79 Å². The summed E-state index contributed by atoms with van der Waals surface area (Å²) in [4.78, 5) is 11.6. The Bertz CT molecular complexity index is 608. The van der Waals surface area contributed by atoms with E-state index in [4.69, 9.17) is 22.1 Å². The predicted molar refractivity (Wildman–Crippen MR) is 81.3 cm³/mol. The number of halogens is 1. The van der Waals surface area contributed by atoms with Crippen LogP contribution >= 0.6 is 11.6 Å². The minimum Gasteiger partial charge on any atom is -0.487 e. The number of anilines is 1. The Kier molecular flexibility index (Phi) is 4.64. The first-order valence-electron chi connectivity index (χ1n) is 6.40. The van der Waals surface area contributed by atoms with Gasteiger partial charge in [-0.05, 0) is 35.9 Å². The van der Waals surface area contributed by atoms with Gasteiger partial charge in [-0.1, -0.05) is 30.7 Å². The van der Waals surface area contributed by atoms with E-state index in [1.54, 1.807) is 18.2 Å². The lowest BCUT2D eigenvalue weighted by atomic mass is 10.1. The van der Waals surface area contributed by atoms with Crippen molar-refractivity contribution in [3.8, 4) is 5.75 Å². The number of ketones is 1. The molecule has 0 aliphatic rings. The second-order valence-corrected chi connectivity index (χ2v) is 4.88. The fraction of sp³-hybridized carbons (Fsp3) is 0.188. The second kappa shape index (κ2) is 6.44. The molecule has 0 bridgehead atoms. The summed E-state index contributed by atoms with van der Waals surface area (Å²) in [6.45, 7) is 2.23. The average Bonchev–Trinajstić information content (AvgIpc) is 2.46. The molecule has 0 saturated heterocycles. The Morgan fingerprint density at radius 1 is 1.20 bits per heavy atom. The largest absolute Gasteiger partial charge is 0.487 e. The third kappa shape index (κ3) is 3.52. The molecule has 0 atom stereocenters. The van der Waals surface area contributed by atoms with Gasteiger partial charge in [-0.2, -0.15) is 0 Å². The molecule has 0 aliphatic heterocycles. The molecule has 4 heteroatoms. The lowest BCUT2D eigenvalue weighted by Crippen LogP contribution is -2.02. The minimum atomic E-state index is 0.0703. The lowest BCUT2D eigenvalue weighted by molar-refractivity contribution is 0.0988. The zero-order valence-corrected chi connectivity index (χ0v) is 12.0. The molecule has 0 radical (unpaired) electrons. The normalized spacial score (nSPS) is 10.3. The van der Waals surface area contributed by atoms with Crippen molar-refractivity contribution in [3.05, 3.63) is 58.6 Å². The molecule has 0 fully saturated rings. The average molecular weight is 290 g/mol. The molecule has 2 N–H and O–H groups in total. The lowest BCUT2D eigenvalue weighted by Gasteiger charge is -2.10. The molecule has 0 aliphatic carbocycles. The number of nitrogen functional groups attached to an aromatic ring is 1. The van der Waals surface area contributed by atoms with E-state index in [9.17, 15) is 4.79 Å². The van der Waals surface area contributed by atoms with E-state index in [1.165, 1.54) is 0 Å². The molecule has 2 aromatic rings. The van der Waals surface area contributed by atoms with Crippen LogP contribution in [0.3, 0.4) is 0 Å². The van der Waals surface area contributed by atoms with Crippen LogP contribution in [0.2, 0.25) is 5.02 Å². The quantitative estimate of drug-likeness (QED) is 0.666. The third-order valence-electron chi connectivity index (χ3n) is 2.96. The summed E-state index contributed by atoms with van der Waals surface area (Å²) in [6, 6.07) is 12.5. The summed E-state index contributed by atoms with van der Waals surface area (Å²) in [5, 5.41) is 0.690. The van der Waals surface area contributed by atoms with Gasteiger partial charge >= 0.3 is 0 Å². The number of hydrogen-bond donors (Lipinski definition) is 1. The summed E-state index contributed by atoms with van der Waals surface area (Å²) < 4.78 is 5.65. The molecule has 0 heterocycles. The van der Waals surface area contributed by atoms with Crippen LogP contribution in [-0.4, -0.2) is 5.78 Å². The van der Waals surface area contributed by atoms with Crippen LogP contribution in [0.5, 0.6) is 5.75 Å². The van der Waals surface area contributed by atoms with Gasteiger partial charge in [0.2, 0.25) is 0 Å². The molecule has 2 rings (SSSR count). The Balaban J connectivity index is 2.06. The van der Waals surface area contributed by atoms with Crippen molar-refractivity contribution in [3.63, 3.8) is 0 Å². The van der Waals surface area contributed by atoms with Gasteiger partial charge in [0.15, 0.2) is 5.78 Å². The Morgan fingerprint density at radius 3 is 2.50 bits per heavy atom. The second-order valence-electron chi connectivity index (χ2n) is 4.44. The Labute approximate surface area is 123 Å². The number of benzene rings is 2. The Hall–Kier alpha value is -2.00. The summed E-state index contributed by atoms with van der Waals surface area (Å²) in [5.41, 5.74) is 7.99. The van der Waals surface area contributed by atoms with Crippen LogP contribution in [0.25, 0.3) is 0 Å². The molecule has 0 spiro atoms. The van der Waals surface area contributed by atoms with Gasteiger partial charge in [-0.25, -0.2) is 0 Å². The molecule has 3 nitrogen and oxygen atoms in total. The molecule has 2 aromatic carbocycles. The van der Waals surface area contributed by atoms with Crippen molar-refractivity contribution >= 4 is 23.1 Å². The Morgan fingerprint density at radius 2 is 1.90 bits per heavy atom. The van der Waals surface area contributed by atoms with Gasteiger partial charge in [0.25, 0.3) is 0 Å². The van der Waals surface area contributed by atoms with Crippen molar-refractivity contribution < 1.29 is 9.53 Å². The van der Waals surface area contributed by atoms with Crippen molar-refractivity contribution in [2.45, 2.75) is 20.0 Å². The molecule has 20 heavy (non-hydrogen) atoms. The van der Waals surface area contributed by atoms with E-state index >= 15 is 0 Å². The first-order valence-corrected chi connectivity index (χ1v) is 6.78. The highest BCUT2D eigenvalue weighted by molar-refractivity contribution is 6.30. The molecule has 0 aromatic heterocycles. The maximum atomic E-state index is 11.6. The van der Waals surface area contributed by atoms with E-state index < -0.39 is 0 Å². The number of hydrogen-bond acceptors (Lipinski definition) is 3. The molecular formula is C16H16ClNO2. The monoisotopic (exact) mass is 289 g/mol. The molecule has 0 amide bonds.